The zero-order chi connectivity index (χ0) is 18.4. The number of hydrogen-bond acceptors (Lipinski definition) is 3. The quantitative estimate of drug-likeness (QED) is 0.809. The van der Waals surface area contributed by atoms with Crippen LogP contribution in [0.2, 0.25) is 5.02 Å². The number of esters is 1. The molecule has 1 fully saturated rings. The highest BCUT2D eigenvalue weighted by Gasteiger charge is 2.44. The first-order chi connectivity index (χ1) is 11.9. The number of carbonyl (C=O) groups is 2. The Morgan fingerprint density at radius 2 is 2.16 bits per heavy atom. The number of piperidine rings is 1. The third-order valence-electron chi connectivity index (χ3n) is 4.42. The van der Waals surface area contributed by atoms with Crippen LogP contribution in [-0.4, -0.2) is 42.6 Å². The second-order valence-electron chi connectivity index (χ2n) is 6.94. The van der Waals surface area contributed by atoms with Gasteiger partial charge in [0.2, 0.25) is 0 Å². The van der Waals surface area contributed by atoms with Gasteiger partial charge in [-0.1, -0.05) is 23.7 Å². The Labute approximate surface area is 154 Å². The number of urea groups is 1. The van der Waals surface area contributed by atoms with Gasteiger partial charge in [-0.15, -0.1) is 0 Å². The molecule has 6 heteroatoms. The fourth-order valence-corrected chi connectivity index (χ4v) is 3.56. The maximum atomic E-state index is 12.8. The molecule has 0 aliphatic carbocycles. The van der Waals surface area contributed by atoms with Crippen LogP contribution in [0.3, 0.4) is 0 Å². The molecule has 1 aliphatic heterocycles. The van der Waals surface area contributed by atoms with Gasteiger partial charge in [0.05, 0.1) is 12.0 Å². The number of likely N-dealkylation sites (tertiary alicyclic amines) is 1. The van der Waals surface area contributed by atoms with Crippen LogP contribution in [0.15, 0.2) is 24.3 Å². The minimum Gasteiger partial charge on any atom is -0.466 e. The van der Waals surface area contributed by atoms with E-state index in [1.807, 2.05) is 38.1 Å². The van der Waals surface area contributed by atoms with Crippen LogP contribution in [0, 0.1) is 5.41 Å². The molecular weight excluding hydrogens is 340 g/mol. The molecule has 1 aromatic rings. The van der Waals surface area contributed by atoms with E-state index in [1.165, 1.54) is 0 Å². The molecule has 0 saturated carbocycles. The van der Waals surface area contributed by atoms with Gasteiger partial charge >= 0.3 is 12.0 Å². The lowest BCUT2D eigenvalue weighted by atomic mass is 9.75. The van der Waals surface area contributed by atoms with Crippen molar-refractivity contribution in [2.45, 2.75) is 46.1 Å². The smallest absolute Gasteiger partial charge is 0.317 e. The molecule has 25 heavy (non-hydrogen) atoms. The van der Waals surface area contributed by atoms with Crippen molar-refractivity contribution >= 4 is 23.6 Å². The molecule has 0 radical (unpaired) electrons. The van der Waals surface area contributed by atoms with Crippen LogP contribution in [0.4, 0.5) is 4.79 Å². The maximum Gasteiger partial charge on any atom is 0.317 e. The van der Waals surface area contributed by atoms with Crippen LogP contribution in [0.25, 0.3) is 0 Å². The molecule has 2 rings (SSSR count). The number of nitrogens with zero attached hydrogens (tertiary/aromatic N) is 1. The first kappa shape index (κ1) is 19.6. The lowest BCUT2D eigenvalue weighted by Gasteiger charge is -2.41. The Hall–Kier alpha value is -1.75. The van der Waals surface area contributed by atoms with Crippen molar-refractivity contribution < 1.29 is 14.3 Å². The van der Waals surface area contributed by atoms with E-state index in [2.05, 4.69) is 5.32 Å². The van der Waals surface area contributed by atoms with Crippen LogP contribution < -0.4 is 5.32 Å². The van der Waals surface area contributed by atoms with Crippen molar-refractivity contribution in [1.82, 2.24) is 10.2 Å². The Kier molecular flexibility index (Phi) is 6.71. The average molecular weight is 367 g/mol. The highest BCUT2D eigenvalue weighted by molar-refractivity contribution is 6.30. The van der Waals surface area contributed by atoms with Crippen LogP contribution in [-0.2, 0) is 16.0 Å². The van der Waals surface area contributed by atoms with Crippen LogP contribution in [0.1, 0.15) is 39.2 Å². The molecule has 0 spiro atoms. The molecule has 0 bridgehead atoms. The number of benzene rings is 1. The minimum absolute atomic E-state index is 0.0550. The third kappa shape index (κ3) is 5.11. The topological polar surface area (TPSA) is 58.6 Å². The van der Waals surface area contributed by atoms with E-state index >= 15 is 0 Å². The predicted molar refractivity (Wildman–Crippen MR) is 98.7 cm³/mol. The summed E-state index contributed by atoms with van der Waals surface area (Å²) in [5.41, 5.74) is 0.249. The number of amides is 2. The molecule has 1 aromatic carbocycles. The standard InChI is InChI=1S/C19H27ClN2O3/c1-4-25-17(23)19(12-15-7-5-8-16(20)11-15)9-6-10-22(13-19)18(24)21-14(2)3/h5,7-8,11,14H,4,6,9-10,12-13H2,1-3H3,(H,21,24). The van der Waals surface area contributed by atoms with E-state index in [9.17, 15) is 9.59 Å². The number of halogens is 1. The van der Waals surface area contributed by atoms with Crippen LogP contribution >= 0.6 is 11.6 Å². The van der Waals surface area contributed by atoms with Crippen molar-refractivity contribution in [2.24, 2.45) is 5.41 Å². The van der Waals surface area contributed by atoms with E-state index in [1.54, 1.807) is 11.8 Å². The molecule has 1 N–H and O–H groups in total. The summed E-state index contributed by atoms with van der Waals surface area (Å²) in [6.45, 7) is 6.98. The summed E-state index contributed by atoms with van der Waals surface area (Å²) in [5.74, 6) is -0.239. The fourth-order valence-electron chi connectivity index (χ4n) is 3.35. The van der Waals surface area contributed by atoms with E-state index in [-0.39, 0.29) is 18.0 Å². The van der Waals surface area contributed by atoms with Crippen molar-refractivity contribution in [3.8, 4) is 0 Å². The number of nitrogens with one attached hydrogen (secondary N) is 1. The van der Waals surface area contributed by atoms with Crippen LogP contribution in [0.5, 0.6) is 0 Å². The second kappa shape index (κ2) is 8.56. The minimum atomic E-state index is -0.729. The van der Waals surface area contributed by atoms with Gasteiger partial charge in [-0.25, -0.2) is 4.79 Å². The van der Waals surface area contributed by atoms with Crippen molar-refractivity contribution in [1.29, 1.82) is 0 Å². The molecule has 1 unspecified atom stereocenters. The number of carbonyl (C=O) groups excluding carboxylic acids is 2. The lowest BCUT2D eigenvalue weighted by Crippen LogP contribution is -2.54. The van der Waals surface area contributed by atoms with E-state index < -0.39 is 5.41 Å². The molecule has 5 nitrogen and oxygen atoms in total. The molecule has 1 atom stereocenters. The molecule has 2 amide bonds. The van der Waals surface area contributed by atoms with Gasteiger partial charge in [-0.05, 0) is 57.7 Å². The monoisotopic (exact) mass is 366 g/mol. The fraction of sp³-hybridized carbons (Fsp3) is 0.579. The molecule has 138 valence electrons. The highest BCUT2D eigenvalue weighted by atomic mass is 35.5. The first-order valence-electron chi connectivity index (χ1n) is 8.83. The number of ether oxygens (including phenoxy) is 1. The summed E-state index contributed by atoms with van der Waals surface area (Å²) >= 11 is 6.09. The zero-order valence-electron chi connectivity index (χ0n) is 15.2. The van der Waals surface area contributed by atoms with Crippen molar-refractivity contribution in [3.63, 3.8) is 0 Å². The highest BCUT2D eigenvalue weighted by Crippen LogP contribution is 2.36. The predicted octanol–water partition coefficient (Wildman–Crippen LogP) is 3.65. The second-order valence-corrected chi connectivity index (χ2v) is 7.37. The molecule has 0 aromatic heterocycles. The Morgan fingerprint density at radius 1 is 1.40 bits per heavy atom. The zero-order valence-corrected chi connectivity index (χ0v) is 15.9. The molecule has 1 aliphatic rings. The lowest BCUT2D eigenvalue weighted by molar-refractivity contribution is -0.158. The maximum absolute atomic E-state index is 12.8. The third-order valence-corrected chi connectivity index (χ3v) is 4.65. The van der Waals surface area contributed by atoms with E-state index in [4.69, 9.17) is 16.3 Å². The summed E-state index contributed by atoms with van der Waals surface area (Å²) in [4.78, 5) is 26.9. The van der Waals surface area contributed by atoms with E-state index in [0.717, 1.165) is 12.0 Å². The summed E-state index contributed by atoms with van der Waals surface area (Å²) in [5, 5.41) is 3.55. The van der Waals surface area contributed by atoms with Gasteiger partial charge in [0.25, 0.3) is 0 Å². The Morgan fingerprint density at radius 3 is 2.80 bits per heavy atom. The van der Waals surface area contributed by atoms with Gasteiger partial charge in [0, 0.05) is 24.2 Å². The van der Waals surface area contributed by atoms with E-state index in [0.29, 0.717) is 37.6 Å². The summed E-state index contributed by atoms with van der Waals surface area (Å²) in [6.07, 6.45) is 1.98. The van der Waals surface area contributed by atoms with Gasteiger partial charge in [-0.3, -0.25) is 4.79 Å². The summed E-state index contributed by atoms with van der Waals surface area (Å²) in [7, 11) is 0. The van der Waals surface area contributed by atoms with Gasteiger partial charge in [0.1, 0.15) is 0 Å². The normalized spacial score (nSPS) is 20.4. The van der Waals surface area contributed by atoms with Gasteiger partial charge in [0.15, 0.2) is 0 Å². The Balaban J connectivity index is 2.25. The largest absolute Gasteiger partial charge is 0.466 e. The van der Waals surface area contributed by atoms with Gasteiger partial charge < -0.3 is 15.0 Å². The number of rotatable bonds is 5. The average Bonchev–Trinajstić information content (AvgIpc) is 2.54. The van der Waals surface area contributed by atoms with Gasteiger partial charge in [-0.2, -0.15) is 0 Å². The first-order valence-corrected chi connectivity index (χ1v) is 9.21. The van der Waals surface area contributed by atoms with Crippen molar-refractivity contribution in [3.05, 3.63) is 34.9 Å². The Bertz CT molecular complexity index is 620. The number of hydrogen-bond donors (Lipinski definition) is 1. The molecular formula is C19H27ClN2O3. The summed E-state index contributed by atoms with van der Waals surface area (Å²) in [6, 6.07) is 7.44. The molecule has 1 heterocycles. The molecule has 1 saturated heterocycles. The van der Waals surface area contributed by atoms with Crippen molar-refractivity contribution in [2.75, 3.05) is 19.7 Å². The summed E-state index contributed by atoms with van der Waals surface area (Å²) < 4.78 is 5.37. The SMILES string of the molecule is CCOC(=O)C1(Cc2cccc(Cl)c2)CCCN(C(=O)NC(C)C)C1.